The van der Waals surface area contributed by atoms with Crippen LogP contribution in [0.2, 0.25) is 5.02 Å². The van der Waals surface area contributed by atoms with Crippen LogP contribution in [-0.2, 0) is 16.1 Å². The summed E-state index contributed by atoms with van der Waals surface area (Å²) in [4.78, 5) is 40.1. The third kappa shape index (κ3) is 6.17. The van der Waals surface area contributed by atoms with Gasteiger partial charge in [-0.2, -0.15) is 13.2 Å². The fourth-order valence-electron chi connectivity index (χ4n) is 4.31. The van der Waals surface area contributed by atoms with Crippen molar-refractivity contribution in [2.45, 2.75) is 45.3 Å². The minimum atomic E-state index is -4.48. The summed E-state index contributed by atoms with van der Waals surface area (Å²) in [5.41, 5.74) is 0.937. The second kappa shape index (κ2) is 11.2. The molecule has 0 bridgehead atoms. The van der Waals surface area contributed by atoms with Crippen LogP contribution in [0.3, 0.4) is 0 Å². The summed E-state index contributed by atoms with van der Waals surface area (Å²) in [7, 11) is 0. The number of hydrogen-bond donors (Lipinski definition) is 1. The minimum absolute atomic E-state index is 0.227. The summed E-state index contributed by atoms with van der Waals surface area (Å²) in [6, 6.07) is 8.39. The molecule has 35 heavy (non-hydrogen) atoms. The van der Waals surface area contributed by atoms with Crippen LogP contribution >= 0.6 is 11.6 Å². The van der Waals surface area contributed by atoms with Crippen molar-refractivity contribution in [3.8, 4) is 0 Å². The molecule has 2 amide bonds. The highest BCUT2D eigenvalue weighted by atomic mass is 35.5. The molecule has 11 heteroatoms. The van der Waals surface area contributed by atoms with Crippen molar-refractivity contribution in [2.75, 3.05) is 36.0 Å². The second-order valence-corrected chi connectivity index (χ2v) is 8.48. The molecule has 0 saturated carbocycles. The van der Waals surface area contributed by atoms with E-state index in [0.717, 1.165) is 11.9 Å². The number of rotatable bonds is 4. The Bertz CT molecular complexity index is 1130. The van der Waals surface area contributed by atoms with E-state index < -0.39 is 24.2 Å². The lowest BCUT2D eigenvalue weighted by Crippen LogP contribution is -2.48. The molecule has 2 aliphatic rings. The molecule has 2 saturated heterocycles. The van der Waals surface area contributed by atoms with E-state index in [1.807, 2.05) is 24.8 Å². The Morgan fingerprint density at radius 3 is 2.17 bits per heavy atom. The lowest BCUT2D eigenvalue weighted by Gasteiger charge is -2.38. The first-order chi connectivity index (χ1) is 16.6. The third-order valence-corrected chi connectivity index (χ3v) is 6.35. The second-order valence-electron chi connectivity index (χ2n) is 8.10. The number of piperidine rings is 1. The van der Waals surface area contributed by atoms with Crippen molar-refractivity contribution in [3.63, 3.8) is 0 Å². The van der Waals surface area contributed by atoms with Crippen molar-refractivity contribution in [3.05, 3.63) is 57.5 Å². The molecule has 4 rings (SSSR count). The average molecular weight is 513 g/mol. The third-order valence-electron chi connectivity index (χ3n) is 5.93. The van der Waals surface area contributed by atoms with Gasteiger partial charge in [0.15, 0.2) is 0 Å². The van der Waals surface area contributed by atoms with Crippen LogP contribution in [0, 0.1) is 0 Å². The van der Waals surface area contributed by atoms with Gasteiger partial charge in [-0.05, 0) is 30.2 Å². The van der Waals surface area contributed by atoms with E-state index in [9.17, 15) is 27.6 Å². The van der Waals surface area contributed by atoms with Gasteiger partial charge in [0.2, 0.25) is 11.8 Å². The summed E-state index contributed by atoms with van der Waals surface area (Å²) in [6.45, 7) is 4.50. The molecule has 3 heterocycles. The zero-order chi connectivity index (χ0) is 25.8. The number of piperazine rings is 1. The number of aromatic nitrogens is 1. The number of nitrogens with zero attached hydrogens (tertiary/aromatic N) is 3. The van der Waals surface area contributed by atoms with E-state index in [0.29, 0.717) is 47.8 Å². The Kier molecular flexibility index (Phi) is 8.47. The van der Waals surface area contributed by atoms with Crippen molar-refractivity contribution in [1.29, 1.82) is 0 Å². The maximum atomic E-state index is 12.7. The first-order valence-electron chi connectivity index (χ1n) is 11.5. The van der Waals surface area contributed by atoms with Crippen molar-refractivity contribution >= 4 is 34.8 Å². The number of nitrogens with one attached hydrogen (secondary N) is 1. The minimum Gasteiger partial charge on any atom is -0.367 e. The number of hydrogen-bond acceptors (Lipinski definition) is 5. The van der Waals surface area contributed by atoms with Gasteiger partial charge in [0.05, 0.1) is 16.6 Å². The highest BCUT2D eigenvalue weighted by molar-refractivity contribution is 6.34. The number of imide groups is 1. The standard InChI is InChI=1S/C22H22ClF3N4O3.C2H6/c23-19-14(15-6-7-18(31)27-20(15)32)3-1-4-16(19)28-9-11-29(12-10-28)17-5-2-8-30(21(17)33)13-22(24,25)26;1-2/h1-5,8,15H,6-7,9-13H2,(H,27,31,32);1-2H3. The van der Waals surface area contributed by atoms with E-state index in [4.69, 9.17) is 11.6 Å². The van der Waals surface area contributed by atoms with Crippen LogP contribution in [0.4, 0.5) is 24.5 Å². The van der Waals surface area contributed by atoms with Gasteiger partial charge in [0.1, 0.15) is 12.2 Å². The van der Waals surface area contributed by atoms with Crippen LogP contribution in [-0.4, -0.2) is 48.7 Å². The van der Waals surface area contributed by atoms with E-state index in [-0.39, 0.29) is 23.9 Å². The molecular weight excluding hydrogens is 485 g/mol. The van der Waals surface area contributed by atoms with Crippen LogP contribution in [0.25, 0.3) is 0 Å². The van der Waals surface area contributed by atoms with Gasteiger partial charge in [-0.1, -0.05) is 37.6 Å². The zero-order valence-electron chi connectivity index (χ0n) is 19.6. The zero-order valence-corrected chi connectivity index (χ0v) is 20.3. The lowest BCUT2D eigenvalue weighted by atomic mass is 9.90. The van der Waals surface area contributed by atoms with Crippen molar-refractivity contribution in [2.24, 2.45) is 0 Å². The fourth-order valence-corrected chi connectivity index (χ4v) is 4.69. The molecule has 1 aromatic heterocycles. The Morgan fingerprint density at radius 1 is 0.971 bits per heavy atom. The molecule has 1 N–H and O–H groups in total. The van der Waals surface area contributed by atoms with Gasteiger partial charge in [-0.15, -0.1) is 0 Å². The van der Waals surface area contributed by atoms with Crippen LogP contribution in [0.5, 0.6) is 0 Å². The summed E-state index contributed by atoms with van der Waals surface area (Å²) in [6.07, 6.45) is -2.71. The topological polar surface area (TPSA) is 74.7 Å². The van der Waals surface area contributed by atoms with Gasteiger partial charge >= 0.3 is 6.18 Å². The quantitative estimate of drug-likeness (QED) is 0.628. The largest absolute Gasteiger partial charge is 0.406 e. The van der Waals surface area contributed by atoms with Gasteiger partial charge in [-0.25, -0.2) is 0 Å². The Balaban J connectivity index is 0.00000167. The molecular formula is C24H28ClF3N4O3. The number of anilines is 2. The predicted molar refractivity (Wildman–Crippen MR) is 129 cm³/mol. The maximum Gasteiger partial charge on any atom is 0.406 e. The smallest absolute Gasteiger partial charge is 0.367 e. The molecule has 0 radical (unpaired) electrons. The van der Waals surface area contributed by atoms with Gasteiger partial charge in [-0.3, -0.25) is 19.7 Å². The van der Waals surface area contributed by atoms with E-state index in [2.05, 4.69) is 5.32 Å². The van der Waals surface area contributed by atoms with Crippen molar-refractivity contribution < 1.29 is 22.8 Å². The SMILES string of the molecule is CC.O=C1CCC(c2cccc(N3CCN(c4cccn(CC(F)(F)F)c4=O)CC3)c2Cl)C(=O)N1. The maximum absolute atomic E-state index is 12.7. The molecule has 2 aliphatic heterocycles. The number of halogens is 4. The first kappa shape index (κ1) is 26.6. The number of amides is 2. The monoisotopic (exact) mass is 512 g/mol. The summed E-state index contributed by atoms with van der Waals surface area (Å²) in [5.74, 6) is -1.17. The first-order valence-corrected chi connectivity index (χ1v) is 11.9. The van der Waals surface area contributed by atoms with Crippen molar-refractivity contribution in [1.82, 2.24) is 9.88 Å². The molecule has 190 valence electrons. The summed E-state index contributed by atoms with van der Waals surface area (Å²) in [5, 5.41) is 2.78. The molecule has 1 aromatic carbocycles. The number of pyridine rings is 1. The summed E-state index contributed by atoms with van der Waals surface area (Å²) >= 11 is 6.66. The lowest BCUT2D eigenvalue weighted by molar-refractivity contribution is -0.141. The van der Waals surface area contributed by atoms with E-state index in [1.54, 1.807) is 17.0 Å². The average Bonchev–Trinajstić information content (AvgIpc) is 2.82. The molecule has 0 spiro atoms. The molecule has 2 aromatic rings. The Labute approximate surface area is 206 Å². The normalized spacial score (nSPS) is 18.6. The molecule has 1 atom stereocenters. The molecule has 2 fully saturated rings. The van der Waals surface area contributed by atoms with Gasteiger partial charge in [0.25, 0.3) is 5.56 Å². The highest BCUT2D eigenvalue weighted by Crippen LogP contribution is 2.37. The van der Waals surface area contributed by atoms with E-state index in [1.165, 1.54) is 12.1 Å². The van der Waals surface area contributed by atoms with Crippen LogP contribution in [0.15, 0.2) is 41.3 Å². The fraction of sp³-hybridized carbons (Fsp3) is 0.458. The van der Waals surface area contributed by atoms with E-state index >= 15 is 0 Å². The number of alkyl halides is 3. The Hall–Kier alpha value is -3.01. The highest BCUT2D eigenvalue weighted by Gasteiger charge is 2.32. The molecule has 1 unspecified atom stereocenters. The predicted octanol–water partition coefficient (Wildman–Crippen LogP) is 3.94. The van der Waals surface area contributed by atoms with Gasteiger partial charge in [0, 0.05) is 38.8 Å². The Morgan fingerprint density at radius 2 is 1.57 bits per heavy atom. The van der Waals surface area contributed by atoms with Crippen LogP contribution in [0.1, 0.15) is 38.2 Å². The number of carbonyl (C=O) groups excluding carboxylic acids is 2. The molecule has 7 nitrogen and oxygen atoms in total. The number of carbonyl (C=O) groups is 2. The van der Waals surface area contributed by atoms with Gasteiger partial charge < -0.3 is 14.4 Å². The van der Waals surface area contributed by atoms with Crippen LogP contribution < -0.4 is 20.7 Å². The summed E-state index contributed by atoms with van der Waals surface area (Å²) < 4.78 is 38.9. The molecule has 0 aliphatic carbocycles. The number of benzene rings is 1.